The van der Waals surface area contributed by atoms with Gasteiger partial charge >= 0.3 is 0 Å². The van der Waals surface area contributed by atoms with Crippen LogP contribution in [0.5, 0.6) is 0 Å². The zero-order valence-corrected chi connectivity index (χ0v) is 15.5. The summed E-state index contributed by atoms with van der Waals surface area (Å²) in [5.74, 6) is 0.127. The molecule has 1 aliphatic rings. The molecule has 2 aromatic rings. The van der Waals surface area contributed by atoms with Gasteiger partial charge in [0.15, 0.2) is 0 Å². The number of halogens is 1. The van der Waals surface area contributed by atoms with Gasteiger partial charge in [0.1, 0.15) is 6.04 Å². The van der Waals surface area contributed by atoms with Crippen LogP contribution in [-0.2, 0) is 4.79 Å². The first-order valence-electron chi connectivity index (χ1n) is 8.57. The molecule has 4 nitrogen and oxygen atoms in total. The van der Waals surface area contributed by atoms with Crippen molar-refractivity contribution < 1.29 is 4.79 Å². The molecule has 1 saturated heterocycles. The van der Waals surface area contributed by atoms with Gasteiger partial charge in [0.05, 0.1) is 0 Å². The van der Waals surface area contributed by atoms with E-state index >= 15 is 0 Å². The van der Waals surface area contributed by atoms with Gasteiger partial charge in [-0.05, 0) is 23.8 Å². The van der Waals surface area contributed by atoms with Crippen LogP contribution < -0.4 is 4.90 Å². The number of nitrogens with zero attached hydrogens (tertiary/aromatic N) is 3. The van der Waals surface area contributed by atoms with Crippen LogP contribution in [-0.4, -0.2) is 56.0 Å². The van der Waals surface area contributed by atoms with E-state index in [-0.39, 0.29) is 11.9 Å². The summed E-state index contributed by atoms with van der Waals surface area (Å²) in [5.41, 5.74) is 2.19. The minimum absolute atomic E-state index is 0.127. The highest BCUT2D eigenvalue weighted by molar-refractivity contribution is 6.30. The first-order valence-corrected chi connectivity index (χ1v) is 8.95. The van der Waals surface area contributed by atoms with Crippen molar-refractivity contribution in [1.29, 1.82) is 0 Å². The van der Waals surface area contributed by atoms with Crippen molar-refractivity contribution in [2.45, 2.75) is 6.04 Å². The molecule has 0 bridgehead atoms. The third-order valence-corrected chi connectivity index (χ3v) is 4.88. The fourth-order valence-corrected chi connectivity index (χ4v) is 3.49. The minimum atomic E-state index is -0.224. The third kappa shape index (κ3) is 4.14. The summed E-state index contributed by atoms with van der Waals surface area (Å²) in [4.78, 5) is 19.1. The molecule has 1 amide bonds. The van der Waals surface area contributed by atoms with E-state index in [1.165, 1.54) is 0 Å². The average molecular weight is 358 g/mol. The Hall–Kier alpha value is -2.04. The number of anilines is 1. The molecule has 25 heavy (non-hydrogen) atoms. The SMILES string of the molecule is CN(C)C(=O)[C@H](c1ccccc1)N1CCN(c2cccc(Cl)c2)CC1. The van der Waals surface area contributed by atoms with E-state index in [1.807, 2.05) is 62.6 Å². The summed E-state index contributed by atoms with van der Waals surface area (Å²) in [6, 6.07) is 17.8. The predicted octanol–water partition coefficient (Wildman–Crippen LogP) is 3.29. The highest BCUT2D eigenvalue weighted by Crippen LogP contribution is 2.26. The zero-order valence-electron chi connectivity index (χ0n) is 14.7. The molecule has 0 spiro atoms. The van der Waals surface area contributed by atoms with Crippen LogP contribution in [0, 0.1) is 0 Å². The summed E-state index contributed by atoms with van der Waals surface area (Å²) >= 11 is 6.11. The number of piperazine rings is 1. The van der Waals surface area contributed by atoms with Crippen LogP contribution in [0.3, 0.4) is 0 Å². The Bertz CT molecular complexity index is 712. The molecule has 2 aromatic carbocycles. The number of amides is 1. The number of hydrogen-bond acceptors (Lipinski definition) is 3. The third-order valence-electron chi connectivity index (χ3n) is 4.64. The molecule has 1 atom stereocenters. The van der Waals surface area contributed by atoms with Crippen LogP contribution in [0.1, 0.15) is 11.6 Å². The minimum Gasteiger partial charge on any atom is -0.369 e. The van der Waals surface area contributed by atoms with Crippen LogP contribution in [0.2, 0.25) is 5.02 Å². The molecule has 0 N–H and O–H groups in total. The van der Waals surface area contributed by atoms with Gasteiger partial charge in [0, 0.05) is 51.0 Å². The standard InChI is InChI=1S/C20H24ClN3O/c1-22(2)20(25)19(16-7-4-3-5-8-16)24-13-11-23(12-14-24)18-10-6-9-17(21)15-18/h3-10,15,19H,11-14H2,1-2H3/t19-/m0/s1. The number of carbonyl (C=O) groups excluding carboxylic acids is 1. The Morgan fingerprint density at radius 2 is 1.68 bits per heavy atom. The lowest BCUT2D eigenvalue weighted by Crippen LogP contribution is -2.51. The predicted molar refractivity (Wildman–Crippen MR) is 103 cm³/mol. The van der Waals surface area contributed by atoms with Crippen molar-refractivity contribution >= 4 is 23.2 Å². The van der Waals surface area contributed by atoms with Gasteiger partial charge in [0.25, 0.3) is 0 Å². The van der Waals surface area contributed by atoms with Gasteiger partial charge in [-0.25, -0.2) is 0 Å². The molecule has 3 rings (SSSR count). The van der Waals surface area contributed by atoms with Gasteiger partial charge in [-0.3, -0.25) is 9.69 Å². The van der Waals surface area contributed by atoms with E-state index in [0.717, 1.165) is 42.5 Å². The van der Waals surface area contributed by atoms with E-state index in [1.54, 1.807) is 4.90 Å². The fraction of sp³-hybridized carbons (Fsp3) is 0.350. The van der Waals surface area contributed by atoms with Gasteiger partial charge in [0.2, 0.25) is 5.91 Å². The van der Waals surface area contributed by atoms with E-state index in [2.05, 4.69) is 15.9 Å². The second-order valence-electron chi connectivity index (χ2n) is 6.55. The highest BCUT2D eigenvalue weighted by Gasteiger charge is 2.31. The molecule has 132 valence electrons. The molecule has 0 unspecified atom stereocenters. The number of carbonyl (C=O) groups is 1. The Balaban J connectivity index is 1.75. The van der Waals surface area contributed by atoms with Crippen LogP contribution >= 0.6 is 11.6 Å². The highest BCUT2D eigenvalue weighted by atomic mass is 35.5. The summed E-state index contributed by atoms with van der Waals surface area (Å²) in [5, 5.41) is 0.755. The van der Waals surface area contributed by atoms with Crippen molar-refractivity contribution in [3.05, 3.63) is 65.2 Å². The number of benzene rings is 2. The van der Waals surface area contributed by atoms with Crippen molar-refractivity contribution in [1.82, 2.24) is 9.80 Å². The van der Waals surface area contributed by atoms with E-state index in [9.17, 15) is 4.79 Å². The lowest BCUT2D eigenvalue weighted by Gasteiger charge is -2.40. The Morgan fingerprint density at radius 3 is 2.28 bits per heavy atom. The fourth-order valence-electron chi connectivity index (χ4n) is 3.30. The maximum atomic E-state index is 12.8. The number of hydrogen-bond donors (Lipinski definition) is 0. The van der Waals surface area contributed by atoms with E-state index < -0.39 is 0 Å². The smallest absolute Gasteiger partial charge is 0.244 e. The lowest BCUT2D eigenvalue weighted by molar-refractivity contribution is -0.134. The molecule has 1 heterocycles. The van der Waals surface area contributed by atoms with Crippen LogP contribution in [0.15, 0.2) is 54.6 Å². The summed E-state index contributed by atoms with van der Waals surface area (Å²) in [6.45, 7) is 3.44. The monoisotopic (exact) mass is 357 g/mol. The molecule has 0 aromatic heterocycles. The molecule has 0 radical (unpaired) electrons. The second kappa shape index (κ2) is 7.89. The van der Waals surface area contributed by atoms with Gasteiger partial charge in [-0.2, -0.15) is 0 Å². The van der Waals surface area contributed by atoms with Gasteiger partial charge in [-0.15, -0.1) is 0 Å². The largest absolute Gasteiger partial charge is 0.369 e. The first kappa shape index (κ1) is 17.8. The van der Waals surface area contributed by atoms with Crippen molar-refractivity contribution in [3.63, 3.8) is 0 Å². The Kier molecular flexibility index (Phi) is 5.61. The maximum Gasteiger partial charge on any atom is 0.244 e. The number of likely N-dealkylation sites (N-methyl/N-ethyl adjacent to an activating group) is 1. The summed E-state index contributed by atoms with van der Waals surface area (Å²) in [6.07, 6.45) is 0. The molecule has 1 fully saturated rings. The van der Waals surface area contributed by atoms with Crippen LogP contribution in [0.25, 0.3) is 0 Å². The molecule has 1 aliphatic heterocycles. The van der Waals surface area contributed by atoms with Crippen molar-refractivity contribution in [2.75, 3.05) is 45.2 Å². The van der Waals surface area contributed by atoms with E-state index in [0.29, 0.717) is 0 Å². The van der Waals surface area contributed by atoms with Crippen molar-refractivity contribution in [3.8, 4) is 0 Å². The maximum absolute atomic E-state index is 12.8. The van der Waals surface area contributed by atoms with Gasteiger partial charge in [-0.1, -0.05) is 48.0 Å². The second-order valence-corrected chi connectivity index (χ2v) is 6.99. The van der Waals surface area contributed by atoms with Crippen LogP contribution in [0.4, 0.5) is 5.69 Å². The number of rotatable bonds is 4. The lowest BCUT2D eigenvalue weighted by atomic mass is 10.0. The summed E-state index contributed by atoms with van der Waals surface area (Å²) < 4.78 is 0. The zero-order chi connectivity index (χ0) is 17.8. The topological polar surface area (TPSA) is 26.8 Å². The quantitative estimate of drug-likeness (QED) is 0.840. The Morgan fingerprint density at radius 1 is 1.00 bits per heavy atom. The van der Waals surface area contributed by atoms with E-state index in [4.69, 9.17) is 11.6 Å². The van der Waals surface area contributed by atoms with Gasteiger partial charge < -0.3 is 9.80 Å². The first-order chi connectivity index (χ1) is 12.1. The normalized spacial score (nSPS) is 16.5. The molecule has 5 heteroatoms. The Labute approximate surface area is 154 Å². The molecule has 0 aliphatic carbocycles. The summed E-state index contributed by atoms with van der Waals surface area (Å²) in [7, 11) is 3.64. The average Bonchev–Trinajstić information content (AvgIpc) is 2.63. The van der Waals surface area contributed by atoms with Crippen molar-refractivity contribution in [2.24, 2.45) is 0 Å². The molecule has 0 saturated carbocycles. The molecular formula is C20H24ClN3O. The molecular weight excluding hydrogens is 334 g/mol.